The third-order valence-electron chi connectivity index (χ3n) is 1.83. The summed E-state index contributed by atoms with van der Waals surface area (Å²) in [4.78, 5) is 11.2. The van der Waals surface area contributed by atoms with Gasteiger partial charge in [0.25, 0.3) is 0 Å². The van der Waals surface area contributed by atoms with Crippen LogP contribution in [0.3, 0.4) is 0 Å². The molecule has 0 aromatic heterocycles. The predicted molar refractivity (Wildman–Crippen MR) is 48.8 cm³/mol. The lowest BCUT2D eigenvalue weighted by Gasteiger charge is -2.04. The van der Waals surface area contributed by atoms with E-state index in [1.165, 1.54) is 6.07 Å². The molecule has 1 rings (SSSR count). The zero-order valence-corrected chi connectivity index (χ0v) is 7.46. The van der Waals surface area contributed by atoms with Crippen LogP contribution in [0, 0.1) is 5.82 Å². The van der Waals surface area contributed by atoms with Crippen molar-refractivity contribution in [3.05, 3.63) is 35.6 Å². The minimum Gasteiger partial charge on any atom is -0.322 e. The highest BCUT2D eigenvalue weighted by Crippen LogP contribution is 2.07. The Morgan fingerprint density at radius 1 is 1.54 bits per heavy atom. The molecular formula is C10H12FNO. The summed E-state index contributed by atoms with van der Waals surface area (Å²) in [5, 5.41) is 0. The number of carbonyl (C=O) groups excluding carboxylic acids is 1. The number of hydrogen-bond acceptors (Lipinski definition) is 2. The molecule has 1 unspecified atom stereocenters. The van der Waals surface area contributed by atoms with Crippen LogP contribution < -0.4 is 5.73 Å². The molecule has 1 atom stereocenters. The van der Waals surface area contributed by atoms with Gasteiger partial charge in [-0.15, -0.1) is 0 Å². The maximum Gasteiger partial charge on any atom is 0.153 e. The zero-order valence-electron chi connectivity index (χ0n) is 7.46. The lowest BCUT2D eigenvalue weighted by Crippen LogP contribution is -2.28. The van der Waals surface area contributed by atoms with E-state index >= 15 is 0 Å². The van der Waals surface area contributed by atoms with E-state index in [-0.39, 0.29) is 18.0 Å². The number of benzene rings is 1. The maximum absolute atomic E-state index is 13.0. The fourth-order valence-corrected chi connectivity index (χ4v) is 0.990. The Kier molecular flexibility index (Phi) is 3.14. The van der Waals surface area contributed by atoms with Gasteiger partial charge in [0, 0.05) is 6.42 Å². The third-order valence-corrected chi connectivity index (χ3v) is 1.83. The summed E-state index contributed by atoms with van der Waals surface area (Å²) >= 11 is 0. The first-order chi connectivity index (χ1) is 6.11. The lowest BCUT2D eigenvalue weighted by molar-refractivity contribution is -0.119. The standard InChI is InChI=1S/C10H12FNO/c1-7(12)10(13)6-8-4-2-3-5-9(8)11/h2-5,7H,6,12H2,1H3. The van der Waals surface area contributed by atoms with Gasteiger partial charge in [-0.1, -0.05) is 18.2 Å². The van der Waals surface area contributed by atoms with E-state index < -0.39 is 6.04 Å². The second-order valence-corrected chi connectivity index (χ2v) is 3.02. The van der Waals surface area contributed by atoms with Gasteiger partial charge in [0.2, 0.25) is 0 Å². The molecule has 0 saturated heterocycles. The molecule has 2 nitrogen and oxygen atoms in total. The molecular weight excluding hydrogens is 169 g/mol. The van der Waals surface area contributed by atoms with Gasteiger partial charge in [0.15, 0.2) is 5.78 Å². The van der Waals surface area contributed by atoms with Gasteiger partial charge in [-0.05, 0) is 18.6 Å². The smallest absolute Gasteiger partial charge is 0.153 e. The average Bonchev–Trinajstić information content (AvgIpc) is 2.08. The number of rotatable bonds is 3. The summed E-state index contributed by atoms with van der Waals surface area (Å²) in [7, 11) is 0. The van der Waals surface area contributed by atoms with Gasteiger partial charge < -0.3 is 5.73 Å². The fraction of sp³-hybridized carbons (Fsp3) is 0.300. The van der Waals surface area contributed by atoms with Crippen LogP contribution in [0.15, 0.2) is 24.3 Å². The number of hydrogen-bond donors (Lipinski definition) is 1. The van der Waals surface area contributed by atoms with Crippen molar-refractivity contribution in [2.24, 2.45) is 5.73 Å². The van der Waals surface area contributed by atoms with Crippen molar-refractivity contribution in [3.8, 4) is 0 Å². The number of carbonyl (C=O) groups is 1. The van der Waals surface area contributed by atoms with Crippen molar-refractivity contribution in [2.75, 3.05) is 0 Å². The minimum absolute atomic E-state index is 0.0737. The molecule has 0 saturated carbocycles. The van der Waals surface area contributed by atoms with Crippen LogP contribution in [0.5, 0.6) is 0 Å². The first-order valence-electron chi connectivity index (χ1n) is 4.13. The Labute approximate surface area is 76.6 Å². The molecule has 13 heavy (non-hydrogen) atoms. The van der Waals surface area contributed by atoms with Crippen molar-refractivity contribution in [2.45, 2.75) is 19.4 Å². The number of nitrogens with two attached hydrogens (primary N) is 1. The van der Waals surface area contributed by atoms with E-state index in [2.05, 4.69) is 0 Å². The Bertz CT molecular complexity index is 310. The SMILES string of the molecule is CC(N)C(=O)Cc1ccccc1F. The summed E-state index contributed by atoms with van der Waals surface area (Å²) in [5.74, 6) is -0.499. The van der Waals surface area contributed by atoms with Crippen LogP contribution in [0.2, 0.25) is 0 Å². The Hall–Kier alpha value is -1.22. The summed E-state index contributed by atoms with van der Waals surface area (Å²) < 4.78 is 13.0. The highest BCUT2D eigenvalue weighted by Gasteiger charge is 2.10. The Balaban J connectivity index is 2.75. The quantitative estimate of drug-likeness (QED) is 0.763. The highest BCUT2D eigenvalue weighted by atomic mass is 19.1. The molecule has 3 heteroatoms. The molecule has 70 valence electrons. The van der Waals surface area contributed by atoms with Gasteiger partial charge in [-0.3, -0.25) is 4.79 Å². The summed E-state index contributed by atoms with van der Waals surface area (Å²) in [6.45, 7) is 1.60. The average molecular weight is 181 g/mol. The van der Waals surface area contributed by atoms with Crippen molar-refractivity contribution in [1.29, 1.82) is 0 Å². The first kappa shape index (κ1) is 9.86. The molecule has 0 aliphatic carbocycles. The fourth-order valence-electron chi connectivity index (χ4n) is 0.990. The normalized spacial score (nSPS) is 12.5. The van der Waals surface area contributed by atoms with Crippen LogP contribution >= 0.6 is 0 Å². The molecule has 0 heterocycles. The van der Waals surface area contributed by atoms with E-state index in [4.69, 9.17) is 5.73 Å². The molecule has 1 aromatic carbocycles. The van der Waals surface area contributed by atoms with Crippen molar-refractivity contribution in [3.63, 3.8) is 0 Å². The van der Waals surface area contributed by atoms with Crippen LogP contribution in [0.4, 0.5) is 4.39 Å². The van der Waals surface area contributed by atoms with E-state index in [1.807, 2.05) is 0 Å². The van der Waals surface area contributed by atoms with E-state index in [1.54, 1.807) is 25.1 Å². The monoisotopic (exact) mass is 181 g/mol. The van der Waals surface area contributed by atoms with Gasteiger partial charge >= 0.3 is 0 Å². The van der Waals surface area contributed by atoms with Gasteiger partial charge in [0.1, 0.15) is 5.82 Å². The first-order valence-corrected chi connectivity index (χ1v) is 4.13. The molecule has 2 N–H and O–H groups in total. The largest absolute Gasteiger partial charge is 0.322 e. The van der Waals surface area contributed by atoms with Crippen molar-refractivity contribution < 1.29 is 9.18 Å². The van der Waals surface area contributed by atoms with Crippen molar-refractivity contribution >= 4 is 5.78 Å². The van der Waals surface area contributed by atoms with E-state index in [0.29, 0.717) is 5.56 Å². The molecule has 0 fully saturated rings. The van der Waals surface area contributed by atoms with Crippen LogP contribution in [-0.2, 0) is 11.2 Å². The van der Waals surface area contributed by atoms with Crippen LogP contribution in [-0.4, -0.2) is 11.8 Å². The number of halogens is 1. The molecule has 0 bridgehead atoms. The van der Waals surface area contributed by atoms with Crippen LogP contribution in [0.25, 0.3) is 0 Å². The summed E-state index contributed by atoms with van der Waals surface area (Å²) in [6.07, 6.45) is 0.0737. The summed E-state index contributed by atoms with van der Waals surface area (Å²) in [5.41, 5.74) is 5.77. The molecule has 0 radical (unpaired) electrons. The second kappa shape index (κ2) is 4.14. The lowest BCUT2D eigenvalue weighted by atomic mass is 10.1. The highest BCUT2D eigenvalue weighted by molar-refractivity contribution is 5.85. The topological polar surface area (TPSA) is 43.1 Å². The zero-order chi connectivity index (χ0) is 9.84. The van der Waals surface area contributed by atoms with Crippen molar-refractivity contribution in [1.82, 2.24) is 0 Å². The number of ketones is 1. The van der Waals surface area contributed by atoms with E-state index in [0.717, 1.165) is 0 Å². The van der Waals surface area contributed by atoms with Gasteiger partial charge in [-0.25, -0.2) is 4.39 Å². The molecule has 1 aromatic rings. The molecule has 0 aliphatic rings. The maximum atomic E-state index is 13.0. The second-order valence-electron chi connectivity index (χ2n) is 3.02. The minimum atomic E-state index is -0.528. The third kappa shape index (κ3) is 2.63. The summed E-state index contributed by atoms with van der Waals surface area (Å²) in [6, 6.07) is 5.70. The van der Waals surface area contributed by atoms with E-state index in [9.17, 15) is 9.18 Å². The Morgan fingerprint density at radius 2 is 2.15 bits per heavy atom. The van der Waals surface area contributed by atoms with Gasteiger partial charge in [0.05, 0.1) is 6.04 Å². The number of Topliss-reactive ketones (excluding diaryl/α,β-unsaturated/α-hetero) is 1. The van der Waals surface area contributed by atoms with Crippen LogP contribution in [0.1, 0.15) is 12.5 Å². The molecule has 0 spiro atoms. The Morgan fingerprint density at radius 3 is 2.69 bits per heavy atom. The molecule has 0 aliphatic heterocycles. The predicted octanol–water partition coefficient (Wildman–Crippen LogP) is 1.28. The van der Waals surface area contributed by atoms with Gasteiger partial charge in [-0.2, -0.15) is 0 Å². The molecule has 0 amide bonds.